The van der Waals surface area contributed by atoms with Crippen LogP contribution in [0.2, 0.25) is 0 Å². The first kappa shape index (κ1) is 19.6. The van der Waals surface area contributed by atoms with Gasteiger partial charge in [0.2, 0.25) is 10.0 Å². The Hall–Kier alpha value is -1.68. The number of carbonyl (C=O) groups excluding carboxylic acids is 1. The fourth-order valence-corrected chi connectivity index (χ4v) is 3.67. The minimum atomic E-state index is -3.52. The second kappa shape index (κ2) is 9.14. The number of nitrogens with zero attached hydrogens (tertiary/aromatic N) is 2. The molecular formula is C16H25N3O5S. The summed E-state index contributed by atoms with van der Waals surface area (Å²) in [6, 6.07) is 6.09. The highest BCUT2D eigenvalue weighted by Crippen LogP contribution is 2.20. The van der Waals surface area contributed by atoms with Crippen LogP contribution >= 0.6 is 0 Å². The Kier molecular flexibility index (Phi) is 7.18. The van der Waals surface area contributed by atoms with Crippen LogP contribution in [0.4, 0.5) is 0 Å². The average Bonchev–Trinajstić information content (AvgIpc) is 2.61. The number of rotatable bonds is 8. The molecule has 2 rings (SSSR count). The Morgan fingerprint density at radius 2 is 1.88 bits per heavy atom. The maximum Gasteiger partial charge on any atom is 0.257 e. The van der Waals surface area contributed by atoms with Gasteiger partial charge in [0.15, 0.2) is 6.61 Å². The summed E-state index contributed by atoms with van der Waals surface area (Å²) in [5.41, 5.74) is 0. The summed E-state index contributed by atoms with van der Waals surface area (Å²) >= 11 is 0. The fraction of sp³-hybridized carbons (Fsp3) is 0.562. The standard InChI is InChI=1S/C16H25N3O5S/c1-18(2)8-7-17-16(20)13-24-14-3-5-15(6-4-14)25(21,22)19-9-11-23-12-10-19/h3-6H,7-13H2,1-2H3,(H,17,20). The minimum absolute atomic E-state index is 0.108. The number of morpholine rings is 1. The third kappa shape index (κ3) is 5.96. The fourth-order valence-electron chi connectivity index (χ4n) is 2.26. The number of benzene rings is 1. The van der Waals surface area contributed by atoms with Crippen LogP contribution < -0.4 is 10.1 Å². The lowest BCUT2D eigenvalue weighted by atomic mass is 10.3. The van der Waals surface area contributed by atoms with Crippen LogP contribution in [0, 0.1) is 0 Å². The normalized spacial score (nSPS) is 16.0. The van der Waals surface area contributed by atoms with E-state index >= 15 is 0 Å². The number of likely N-dealkylation sites (N-methyl/N-ethyl adjacent to an activating group) is 1. The van der Waals surface area contributed by atoms with Gasteiger partial charge in [-0.1, -0.05) is 0 Å². The maximum atomic E-state index is 12.5. The van der Waals surface area contributed by atoms with Gasteiger partial charge in [0.25, 0.3) is 5.91 Å². The van der Waals surface area contributed by atoms with Crippen LogP contribution in [0.3, 0.4) is 0 Å². The topological polar surface area (TPSA) is 88.2 Å². The Morgan fingerprint density at radius 1 is 1.24 bits per heavy atom. The highest BCUT2D eigenvalue weighted by atomic mass is 32.2. The third-order valence-electron chi connectivity index (χ3n) is 3.68. The quantitative estimate of drug-likeness (QED) is 0.679. The van der Waals surface area contributed by atoms with Gasteiger partial charge in [0.1, 0.15) is 5.75 Å². The van der Waals surface area contributed by atoms with Crippen molar-refractivity contribution < 1.29 is 22.7 Å². The number of amides is 1. The van der Waals surface area contributed by atoms with Crippen molar-refractivity contribution in [1.29, 1.82) is 0 Å². The molecule has 1 aliphatic rings. The highest BCUT2D eigenvalue weighted by Gasteiger charge is 2.26. The molecule has 0 saturated carbocycles. The van der Waals surface area contributed by atoms with E-state index in [4.69, 9.17) is 9.47 Å². The first-order chi connectivity index (χ1) is 11.9. The maximum absolute atomic E-state index is 12.5. The molecule has 1 amide bonds. The number of ether oxygens (including phenoxy) is 2. The van der Waals surface area contributed by atoms with Crippen LogP contribution in [-0.2, 0) is 19.6 Å². The molecule has 140 valence electrons. The molecule has 0 unspecified atom stereocenters. The molecule has 1 heterocycles. The lowest BCUT2D eigenvalue weighted by molar-refractivity contribution is -0.123. The first-order valence-corrected chi connectivity index (χ1v) is 9.56. The van der Waals surface area contributed by atoms with E-state index < -0.39 is 10.0 Å². The van der Waals surface area contributed by atoms with Crippen molar-refractivity contribution in [2.75, 3.05) is 60.1 Å². The summed E-state index contributed by atoms with van der Waals surface area (Å²) in [6.45, 7) is 2.71. The summed E-state index contributed by atoms with van der Waals surface area (Å²) in [4.78, 5) is 13.8. The van der Waals surface area contributed by atoms with Gasteiger partial charge in [-0.2, -0.15) is 4.31 Å². The van der Waals surface area contributed by atoms with Crippen molar-refractivity contribution in [3.63, 3.8) is 0 Å². The van der Waals surface area contributed by atoms with Gasteiger partial charge in [0, 0.05) is 26.2 Å². The van der Waals surface area contributed by atoms with E-state index in [2.05, 4.69) is 5.32 Å². The molecule has 1 N–H and O–H groups in total. The summed E-state index contributed by atoms with van der Waals surface area (Å²) in [7, 11) is 0.335. The van der Waals surface area contributed by atoms with Gasteiger partial charge in [0.05, 0.1) is 18.1 Å². The molecule has 0 radical (unpaired) electrons. The van der Waals surface area contributed by atoms with Crippen LogP contribution in [0.25, 0.3) is 0 Å². The Morgan fingerprint density at radius 3 is 2.48 bits per heavy atom. The van der Waals surface area contributed by atoms with Crippen molar-refractivity contribution in [1.82, 2.24) is 14.5 Å². The van der Waals surface area contributed by atoms with E-state index in [0.717, 1.165) is 6.54 Å². The molecule has 0 aromatic heterocycles. The Balaban J connectivity index is 1.86. The third-order valence-corrected chi connectivity index (χ3v) is 5.60. The lowest BCUT2D eigenvalue weighted by Crippen LogP contribution is -2.40. The van der Waals surface area contributed by atoms with E-state index in [9.17, 15) is 13.2 Å². The van der Waals surface area contributed by atoms with Crippen molar-refractivity contribution in [2.45, 2.75) is 4.90 Å². The predicted molar refractivity (Wildman–Crippen MR) is 93.1 cm³/mol. The molecule has 1 fully saturated rings. The molecular weight excluding hydrogens is 346 g/mol. The summed E-state index contributed by atoms with van der Waals surface area (Å²) in [5.74, 6) is 0.232. The van der Waals surface area contributed by atoms with E-state index in [-0.39, 0.29) is 17.4 Å². The molecule has 1 aliphatic heterocycles. The molecule has 0 aliphatic carbocycles. The van der Waals surface area contributed by atoms with Crippen LogP contribution in [0.5, 0.6) is 5.75 Å². The van der Waals surface area contributed by atoms with Gasteiger partial charge < -0.3 is 19.7 Å². The molecule has 0 bridgehead atoms. The van der Waals surface area contributed by atoms with Crippen molar-refractivity contribution >= 4 is 15.9 Å². The van der Waals surface area contributed by atoms with Crippen molar-refractivity contribution in [3.8, 4) is 5.75 Å². The first-order valence-electron chi connectivity index (χ1n) is 8.12. The zero-order chi connectivity index (χ0) is 18.3. The average molecular weight is 371 g/mol. The van der Waals surface area contributed by atoms with Gasteiger partial charge >= 0.3 is 0 Å². The van der Waals surface area contributed by atoms with E-state index in [1.54, 1.807) is 12.1 Å². The second-order valence-corrected chi connectivity index (χ2v) is 7.87. The molecule has 1 saturated heterocycles. The number of hydrogen-bond acceptors (Lipinski definition) is 6. The Bertz CT molecular complexity index is 655. The van der Waals surface area contributed by atoms with Crippen LogP contribution in [-0.4, -0.2) is 83.6 Å². The second-order valence-electron chi connectivity index (χ2n) is 5.93. The number of sulfonamides is 1. The molecule has 8 nitrogen and oxygen atoms in total. The summed E-state index contributed by atoms with van der Waals surface area (Å²) < 4.78 is 37.0. The van der Waals surface area contributed by atoms with Gasteiger partial charge in [-0.25, -0.2) is 8.42 Å². The van der Waals surface area contributed by atoms with Crippen molar-refractivity contribution in [2.24, 2.45) is 0 Å². The predicted octanol–water partition coefficient (Wildman–Crippen LogP) is -0.236. The smallest absolute Gasteiger partial charge is 0.257 e. The molecule has 0 atom stereocenters. The van der Waals surface area contributed by atoms with Gasteiger partial charge in [-0.3, -0.25) is 4.79 Å². The highest BCUT2D eigenvalue weighted by molar-refractivity contribution is 7.89. The van der Waals surface area contributed by atoms with Crippen LogP contribution in [0.1, 0.15) is 0 Å². The summed E-state index contributed by atoms with van der Waals surface area (Å²) in [6.07, 6.45) is 0. The van der Waals surface area contributed by atoms with E-state index in [1.807, 2.05) is 19.0 Å². The molecule has 0 spiro atoms. The SMILES string of the molecule is CN(C)CCNC(=O)COc1ccc(S(=O)(=O)N2CCOCC2)cc1. The monoisotopic (exact) mass is 371 g/mol. The molecule has 1 aromatic carbocycles. The zero-order valence-electron chi connectivity index (χ0n) is 14.6. The number of hydrogen-bond donors (Lipinski definition) is 1. The van der Waals surface area contributed by atoms with Crippen molar-refractivity contribution in [3.05, 3.63) is 24.3 Å². The van der Waals surface area contributed by atoms with Crippen LogP contribution in [0.15, 0.2) is 29.2 Å². The lowest BCUT2D eigenvalue weighted by Gasteiger charge is -2.26. The van der Waals surface area contributed by atoms with Gasteiger partial charge in [-0.05, 0) is 38.4 Å². The van der Waals surface area contributed by atoms with Gasteiger partial charge in [-0.15, -0.1) is 0 Å². The summed E-state index contributed by atoms with van der Waals surface area (Å²) in [5, 5.41) is 2.74. The minimum Gasteiger partial charge on any atom is -0.484 e. The molecule has 25 heavy (non-hydrogen) atoms. The molecule has 1 aromatic rings. The number of carbonyl (C=O) groups is 1. The zero-order valence-corrected chi connectivity index (χ0v) is 15.4. The Labute approximate surface area is 148 Å². The number of nitrogens with one attached hydrogen (secondary N) is 1. The molecule has 9 heteroatoms. The largest absolute Gasteiger partial charge is 0.484 e. The van der Waals surface area contributed by atoms with E-state index in [1.165, 1.54) is 16.4 Å². The van der Waals surface area contributed by atoms with E-state index in [0.29, 0.717) is 38.6 Å².